The van der Waals surface area contributed by atoms with Gasteiger partial charge in [-0.3, -0.25) is 0 Å². The molecule has 0 fully saturated rings. The van der Waals surface area contributed by atoms with Crippen LogP contribution in [0.15, 0.2) is 95.3 Å². The summed E-state index contributed by atoms with van der Waals surface area (Å²) in [6.45, 7) is 1.95. The van der Waals surface area contributed by atoms with Gasteiger partial charge in [0, 0.05) is 16.5 Å². The summed E-state index contributed by atoms with van der Waals surface area (Å²) >= 11 is 7.75. The number of anilines is 1. The molecule has 0 saturated carbocycles. The number of hydrogen-bond acceptors (Lipinski definition) is 7. The predicted molar refractivity (Wildman–Crippen MR) is 140 cm³/mol. The largest absolute Gasteiger partial charge is 0.508 e. The highest BCUT2D eigenvalue weighted by Gasteiger charge is 2.35. The lowest BCUT2D eigenvalue weighted by Crippen LogP contribution is -2.29. The van der Waals surface area contributed by atoms with Crippen molar-refractivity contribution < 1.29 is 14.6 Å². The van der Waals surface area contributed by atoms with Crippen LogP contribution in [0, 0.1) is 0 Å². The van der Waals surface area contributed by atoms with Gasteiger partial charge in [0.2, 0.25) is 11.1 Å². The smallest absolute Gasteiger partial charge is 0.338 e. The van der Waals surface area contributed by atoms with Gasteiger partial charge in [-0.05, 0) is 41.8 Å². The van der Waals surface area contributed by atoms with Crippen LogP contribution < -0.4 is 5.32 Å². The zero-order valence-electron chi connectivity index (χ0n) is 19.4. The highest BCUT2D eigenvalue weighted by Crippen LogP contribution is 2.38. The topological polar surface area (TPSA) is 89.3 Å². The third kappa shape index (κ3) is 5.10. The molecule has 2 N–H and O–H groups in total. The molecular weight excluding hydrogens is 496 g/mol. The van der Waals surface area contributed by atoms with Gasteiger partial charge in [0.25, 0.3) is 0 Å². The Morgan fingerprint density at radius 1 is 1.11 bits per heavy atom. The molecule has 0 aliphatic carbocycles. The molecule has 0 bridgehead atoms. The molecule has 4 aromatic rings. The van der Waals surface area contributed by atoms with E-state index >= 15 is 0 Å². The summed E-state index contributed by atoms with van der Waals surface area (Å²) in [4.78, 5) is 18.0. The van der Waals surface area contributed by atoms with E-state index in [-0.39, 0.29) is 12.4 Å². The van der Waals surface area contributed by atoms with E-state index in [1.807, 2.05) is 67.6 Å². The fourth-order valence-corrected chi connectivity index (χ4v) is 5.13. The second kappa shape index (κ2) is 10.5. The number of thioether (sulfide) groups is 1. The van der Waals surface area contributed by atoms with Crippen molar-refractivity contribution in [2.75, 3.05) is 5.32 Å². The molecule has 0 spiro atoms. The van der Waals surface area contributed by atoms with Crippen LogP contribution in [0.4, 0.5) is 5.95 Å². The number of benzene rings is 3. The molecule has 0 radical (unpaired) electrons. The molecule has 5 rings (SSSR count). The third-order valence-electron chi connectivity index (χ3n) is 5.77. The number of nitrogens with one attached hydrogen (secondary N) is 1. The van der Waals surface area contributed by atoms with Crippen LogP contribution in [-0.2, 0) is 21.9 Å². The number of hydrogen-bond donors (Lipinski definition) is 2. The Kier molecular flexibility index (Phi) is 6.97. The summed E-state index contributed by atoms with van der Waals surface area (Å²) in [7, 11) is 0. The Labute approximate surface area is 217 Å². The third-order valence-corrected chi connectivity index (χ3v) is 7.02. The molecule has 1 aliphatic heterocycles. The second-order valence-electron chi connectivity index (χ2n) is 8.27. The van der Waals surface area contributed by atoms with Gasteiger partial charge >= 0.3 is 5.97 Å². The number of aromatic nitrogens is 3. The van der Waals surface area contributed by atoms with Crippen LogP contribution >= 0.6 is 23.4 Å². The Hall–Kier alpha value is -3.75. The lowest BCUT2D eigenvalue weighted by Gasteiger charge is -2.28. The minimum atomic E-state index is -0.626. The number of carbonyl (C=O) groups is 1. The van der Waals surface area contributed by atoms with Crippen LogP contribution in [0.1, 0.15) is 29.7 Å². The lowest BCUT2D eigenvalue weighted by molar-refractivity contribution is -0.140. The summed E-state index contributed by atoms with van der Waals surface area (Å²) in [6, 6.07) is 23.3. The van der Waals surface area contributed by atoms with Crippen molar-refractivity contribution in [3.63, 3.8) is 0 Å². The summed E-state index contributed by atoms with van der Waals surface area (Å²) in [5.41, 5.74) is 3.58. The number of rotatable bonds is 7. The highest BCUT2D eigenvalue weighted by molar-refractivity contribution is 7.98. The molecular formula is C27H23ClN4O3S. The standard InChI is InChI=1S/C27H23ClN4O3S/c1-17-23(25(34)35-15-18-8-3-2-4-9-18)24(19-11-7-12-21(33)14-19)32-26(29-17)30-27(31-32)36-16-20-10-5-6-13-22(20)28/h2-14,24,33H,15-16H2,1H3,(H,29,30,31). The summed E-state index contributed by atoms with van der Waals surface area (Å²) in [5.74, 6) is 0.722. The number of halogens is 1. The minimum absolute atomic E-state index is 0.0932. The first-order valence-electron chi connectivity index (χ1n) is 11.3. The summed E-state index contributed by atoms with van der Waals surface area (Å²) < 4.78 is 7.34. The minimum Gasteiger partial charge on any atom is -0.508 e. The number of fused-ring (bicyclic) bond motifs is 1. The fraction of sp³-hybridized carbons (Fsp3) is 0.148. The molecule has 7 nitrogen and oxygen atoms in total. The molecule has 0 saturated heterocycles. The zero-order chi connectivity index (χ0) is 25.1. The van der Waals surface area contributed by atoms with Gasteiger partial charge in [0.05, 0.1) is 5.57 Å². The van der Waals surface area contributed by atoms with Crippen molar-refractivity contribution in [2.24, 2.45) is 0 Å². The van der Waals surface area contributed by atoms with Crippen molar-refractivity contribution >= 4 is 35.3 Å². The monoisotopic (exact) mass is 518 g/mol. The Morgan fingerprint density at radius 3 is 2.67 bits per heavy atom. The maximum atomic E-state index is 13.4. The average Bonchev–Trinajstić information content (AvgIpc) is 3.29. The molecule has 9 heteroatoms. The first kappa shape index (κ1) is 24.0. The number of nitrogens with zero attached hydrogens (tertiary/aromatic N) is 3. The number of esters is 1. The number of allylic oxidation sites excluding steroid dienone is 1. The summed E-state index contributed by atoms with van der Waals surface area (Å²) in [6.07, 6.45) is 0. The van der Waals surface area contributed by atoms with Crippen LogP contribution in [-0.4, -0.2) is 25.8 Å². The van der Waals surface area contributed by atoms with Gasteiger partial charge in [-0.2, -0.15) is 4.98 Å². The first-order chi connectivity index (χ1) is 17.5. The predicted octanol–water partition coefficient (Wildman–Crippen LogP) is 5.96. The molecule has 2 heterocycles. The van der Waals surface area contributed by atoms with Gasteiger partial charge < -0.3 is 15.2 Å². The van der Waals surface area contributed by atoms with Crippen molar-refractivity contribution in [1.29, 1.82) is 0 Å². The summed E-state index contributed by atoms with van der Waals surface area (Å²) in [5, 5.41) is 19.3. The molecule has 182 valence electrons. The van der Waals surface area contributed by atoms with E-state index in [4.69, 9.17) is 21.4 Å². The molecule has 3 aromatic carbocycles. The van der Waals surface area contributed by atoms with Gasteiger partial charge in [-0.1, -0.05) is 84.0 Å². The maximum absolute atomic E-state index is 13.4. The fourth-order valence-electron chi connectivity index (χ4n) is 4.02. The van der Waals surface area contributed by atoms with Crippen molar-refractivity contribution in [3.8, 4) is 5.75 Å². The zero-order valence-corrected chi connectivity index (χ0v) is 21.0. The van der Waals surface area contributed by atoms with Crippen LogP contribution in [0.2, 0.25) is 5.02 Å². The number of phenolic OH excluding ortho intramolecular Hbond substituents is 1. The normalized spacial score (nSPS) is 14.8. The van der Waals surface area contributed by atoms with Crippen LogP contribution in [0.5, 0.6) is 5.75 Å². The molecule has 1 aromatic heterocycles. The van der Waals surface area contributed by atoms with Crippen LogP contribution in [0.25, 0.3) is 0 Å². The average molecular weight is 519 g/mol. The molecule has 1 atom stereocenters. The van der Waals surface area contributed by atoms with Crippen LogP contribution in [0.3, 0.4) is 0 Å². The van der Waals surface area contributed by atoms with E-state index in [0.717, 1.165) is 11.1 Å². The molecule has 0 amide bonds. The Morgan fingerprint density at radius 2 is 1.89 bits per heavy atom. The second-order valence-corrected chi connectivity index (χ2v) is 9.62. The maximum Gasteiger partial charge on any atom is 0.338 e. The van der Waals surface area contributed by atoms with Gasteiger partial charge in [-0.25, -0.2) is 9.48 Å². The van der Waals surface area contributed by atoms with Gasteiger partial charge in [0.15, 0.2) is 0 Å². The Bertz CT molecular complexity index is 1440. The Balaban J connectivity index is 1.46. The van der Waals surface area contributed by atoms with Gasteiger partial charge in [0.1, 0.15) is 18.4 Å². The number of aromatic hydroxyl groups is 1. The van der Waals surface area contributed by atoms with Crippen molar-refractivity contribution in [3.05, 3.63) is 112 Å². The van der Waals surface area contributed by atoms with Crippen molar-refractivity contribution in [1.82, 2.24) is 14.8 Å². The SMILES string of the molecule is CC1=C(C(=O)OCc2ccccc2)C(c2cccc(O)c2)n2nc(SCc3ccccc3Cl)nc2N1. The molecule has 36 heavy (non-hydrogen) atoms. The highest BCUT2D eigenvalue weighted by atomic mass is 35.5. The lowest BCUT2D eigenvalue weighted by atomic mass is 9.95. The van der Waals surface area contributed by atoms with E-state index in [2.05, 4.69) is 10.3 Å². The van der Waals surface area contributed by atoms with E-state index in [1.54, 1.807) is 22.9 Å². The van der Waals surface area contributed by atoms with Gasteiger partial charge in [-0.15, -0.1) is 5.10 Å². The molecule has 1 unspecified atom stereocenters. The quantitative estimate of drug-likeness (QED) is 0.230. The molecule has 1 aliphatic rings. The number of carbonyl (C=O) groups excluding carboxylic acids is 1. The van der Waals surface area contributed by atoms with E-state index < -0.39 is 12.0 Å². The number of phenols is 1. The van der Waals surface area contributed by atoms with Crippen molar-refractivity contribution in [2.45, 2.75) is 30.5 Å². The number of ether oxygens (including phenoxy) is 1. The van der Waals surface area contributed by atoms with E-state index in [0.29, 0.717) is 38.7 Å². The van der Waals surface area contributed by atoms with E-state index in [1.165, 1.54) is 11.8 Å². The van der Waals surface area contributed by atoms with E-state index in [9.17, 15) is 9.90 Å². The first-order valence-corrected chi connectivity index (χ1v) is 12.7.